The quantitative estimate of drug-likeness (QED) is 0.0463. The van der Waals surface area contributed by atoms with Crippen molar-refractivity contribution in [2.24, 2.45) is 5.16 Å². The fourth-order valence-electron chi connectivity index (χ4n) is 9.00. The Labute approximate surface area is 407 Å². The number of hydrazine groups is 1. The summed E-state index contributed by atoms with van der Waals surface area (Å²) < 4.78 is 0. The number of aromatic nitrogens is 2. The maximum Gasteiger partial charge on any atom is 0.382 e. The molecule has 0 aliphatic carbocycles. The number of nitrogens with one attached hydrogen (secondary N) is 1. The molecule has 8 aromatic rings. The van der Waals surface area contributed by atoms with Crippen LogP contribution >= 0.6 is 23.1 Å². The van der Waals surface area contributed by atoms with Crippen LogP contribution in [0.15, 0.2) is 238 Å². The van der Waals surface area contributed by atoms with Crippen LogP contribution in [0, 0.1) is 0 Å². The zero-order valence-corrected chi connectivity index (χ0v) is 38.7. The predicted molar refractivity (Wildman–Crippen MR) is 266 cm³/mol. The number of fused-ring (bicyclic) bond motifs is 1. The fourth-order valence-corrected chi connectivity index (χ4v) is 10.6. The van der Waals surface area contributed by atoms with Gasteiger partial charge in [-0.05, 0) is 41.7 Å². The number of amides is 2. The first kappa shape index (κ1) is 44.8. The Morgan fingerprint density at radius 3 is 1.65 bits per heavy atom. The lowest BCUT2D eigenvalue weighted by atomic mass is 9.77. The number of β-lactam (4-membered cyclic amide) rings is 1. The molecule has 0 radical (unpaired) electrons. The number of allylic oxidation sites excluding steroid dienone is 1. The Morgan fingerprint density at radius 2 is 1.20 bits per heavy atom. The molecule has 340 valence electrons. The Hall–Kier alpha value is -7.97. The molecule has 2 amide bonds. The second-order valence-corrected chi connectivity index (χ2v) is 18.2. The molecule has 10 rings (SSSR count). The van der Waals surface area contributed by atoms with E-state index >= 15 is 9.59 Å². The Kier molecular flexibility index (Phi) is 13.1. The lowest BCUT2D eigenvalue weighted by molar-refractivity contribution is -0.210. The van der Waals surface area contributed by atoms with Crippen molar-refractivity contribution in [1.82, 2.24) is 25.5 Å². The van der Waals surface area contributed by atoms with Crippen LogP contribution in [-0.4, -0.2) is 49.6 Å². The lowest BCUT2D eigenvalue weighted by Crippen LogP contribution is -2.59. The van der Waals surface area contributed by atoms with Crippen molar-refractivity contribution < 1.29 is 24.1 Å². The summed E-state index contributed by atoms with van der Waals surface area (Å²) in [6.07, 6.45) is 4.83. The number of benzene rings is 6. The van der Waals surface area contributed by atoms with Gasteiger partial charge in [0.05, 0.1) is 5.51 Å². The van der Waals surface area contributed by atoms with Crippen LogP contribution in [0.2, 0.25) is 0 Å². The summed E-state index contributed by atoms with van der Waals surface area (Å²) in [4.78, 5) is 70.1. The smallest absolute Gasteiger partial charge is 0.374 e. The highest BCUT2D eigenvalue weighted by atomic mass is 32.2. The van der Waals surface area contributed by atoms with E-state index in [0.717, 1.165) is 43.4 Å². The number of carbonyl (C=O) groups excluding carboxylic acids is 3. The molecule has 4 heterocycles. The zero-order valence-electron chi connectivity index (χ0n) is 37.1. The van der Waals surface area contributed by atoms with E-state index in [1.807, 2.05) is 194 Å². The number of hydrogen-bond acceptors (Lipinski definition) is 11. The van der Waals surface area contributed by atoms with Crippen molar-refractivity contribution in [1.29, 1.82) is 0 Å². The average molecular weight is 945 g/mol. The van der Waals surface area contributed by atoms with E-state index in [1.54, 1.807) is 23.3 Å². The van der Waals surface area contributed by atoms with Crippen LogP contribution in [0.5, 0.6) is 0 Å². The van der Waals surface area contributed by atoms with Gasteiger partial charge in [0.15, 0.2) is 5.71 Å². The molecule has 11 nitrogen and oxygen atoms in total. The largest absolute Gasteiger partial charge is 0.382 e. The molecule has 2 aromatic heterocycles. The monoisotopic (exact) mass is 944 g/mol. The topological polar surface area (TPSA) is 126 Å². The number of rotatable bonds is 15. The van der Waals surface area contributed by atoms with E-state index in [0.29, 0.717) is 24.2 Å². The minimum absolute atomic E-state index is 0.0559. The maximum atomic E-state index is 16.1. The van der Waals surface area contributed by atoms with Gasteiger partial charge >= 0.3 is 11.9 Å². The number of thiazole rings is 1. The summed E-state index contributed by atoms with van der Waals surface area (Å²) >= 11 is 2.60. The number of hydrogen-bond donors (Lipinski definition) is 1. The van der Waals surface area contributed by atoms with E-state index in [9.17, 15) is 4.79 Å². The third kappa shape index (κ3) is 8.86. The predicted octanol–water partition coefficient (Wildman–Crippen LogP) is 10.4. The first-order valence-corrected chi connectivity index (χ1v) is 24.2. The summed E-state index contributed by atoms with van der Waals surface area (Å²) in [5.74, 6) is -2.05. The highest BCUT2D eigenvalue weighted by Gasteiger charge is 2.48. The van der Waals surface area contributed by atoms with Crippen LogP contribution in [0.3, 0.4) is 0 Å². The molecule has 1 fully saturated rings. The van der Waals surface area contributed by atoms with E-state index in [2.05, 4.69) is 15.4 Å². The Bertz CT molecular complexity index is 2900. The van der Waals surface area contributed by atoms with Gasteiger partial charge in [0.1, 0.15) is 16.9 Å². The second-order valence-electron chi connectivity index (χ2n) is 16.3. The van der Waals surface area contributed by atoms with Crippen molar-refractivity contribution >= 4 is 46.6 Å². The molecule has 13 heteroatoms. The van der Waals surface area contributed by atoms with E-state index in [4.69, 9.17) is 14.8 Å². The molecule has 0 bridgehead atoms. The first-order valence-electron chi connectivity index (χ1n) is 22.4. The number of carbonyl (C=O) groups is 3. The molecule has 1 unspecified atom stereocenters. The zero-order chi connectivity index (χ0) is 47.0. The molecule has 69 heavy (non-hydrogen) atoms. The summed E-state index contributed by atoms with van der Waals surface area (Å²) in [5.41, 5.74) is 6.63. The SMILES string of the molecule is O=C(ON(NC(c1ccccc1)(c1ccccc1)c1ccccc1)C(=O)C(=NOC(c1ccccc1)(c1ccccc1)c1ccccc1)c1cscn1)C1=C(Sc2cccnc2)CCC2CC(=O)N12. The number of hydroxylamine groups is 1. The first-order chi connectivity index (χ1) is 34.0. The third-order valence-corrected chi connectivity index (χ3v) is 14.0. The van der Waals surface area contributed by atoms with Crippen molar-refractivity contribution in [3.8, 4) is 0 Å². The highest BCUT2D eigenvalue weighted by molar-refractivity contribution is 8.03. The molecule has 0 spiro atoms. The maximum absolute atomic E-state index is 16.1. The summed E-state index contributed by atoms with van der Waals surface area (Å²) in [6.45, 7) is 0. The number of nitrogens with zero attached hydrogens (tertiary/aromatic N) is 5. The molecule has 0 saturated carbocycles. The molecule has 1 N–H and O–H groups in total. The van der Waals surface area contributed by atoms with Crippen molar-refractivity contribution in [3.63, 3.8) is 0 Å². The van der Waals surface area contributed by atoms with Crippen LogP contribution in [0.4, 0.5) is 0 Å². The minimum Gasteiger partial charge on any atom is -0.374 e. The van der Waals surface area contributed by atoms with E-state index in [1.165, 1.54) is 28.0 Å². The van der Waals surface area contributed by atoms with Gasteiger partial charge in [-0.2, -0.15) is 5.43 Å². The lowest BCUT2D eigenvalue weighted by Gasteiger charge is -2.45. The standard InChI is InChI=1S/C56H44N6O5S2/c63-50-36-46-33-34-49(69-47-32-19-35-57-37-47)52(61(46)50)54(65)66-62(60-55(40-20-7-1-8-21-40,41-22-9-2-10-23-41)42-24-11-3-12-25-42)53(64)51(48-38-68-39-58-48)59-67-56(43-26-13-4-14-27-43,44-28-15-5-16-29-44)45-30-17-6-18-31-45/h1-32,35,37-39,46,60H,33-34,36H2. The highest BCUT2D eigenvalue weighted by Crippen LogP contribution is 2.45. The third-order valence-electron chi connectivity index (χ3n) is 12.3. The van der Waals surface area contributed by atoms with Crippen LogP contribution in [-0.2, 0) is 35.2 Å². The Morgan fingerprint density at radius 1 is 0.696 bits per heavy atom. The van der Waals surface area contributed by atoms with Gasteiger partial charge in [-0.25, -0.2) is 9.78 Å². The molecule has 2 aliphatic heterocycles. The van der Waals surface area contributed by atoms with Crippen molar-refractivity contribution in [2.45, 2.75) is 41.3 Å². The van der Waals surface area contributed by atoms with Gasteiger partial charge in [-0.1, -0.05) is 204 Å². The molecule has 6 aromatic carbocycles. The molecule has 1 saturated heterocycles. The summed E-state index contributed by atoms with van der Waals surface area (Å²) in [5, 5.41) is 7.35. The fraction of sp³-hybridized carbons (Fsp3) is 0.107. The molecular weight excluding hydrogens is 901 g/mol. The van der Waals surface area contributed by atoms with Gasteiger partial charge in [0, 0.05) is 56.7 Å². The number of thioether (sulfide) groups is 1. The van der Waals surface area contributed by atoms with Gasteiger partial charge in [0.25, 0.3) is 0 Å². The molecular formula is C56H44N6O5S2. The van der Waals surface area contributed by atoms with E-state index in [-0.39, 0.29) is 29.1 Å². The summed E-state index contributed by atoms with van der Waals surface area (Å²) in [6, 6.07) is 61.4. The molecule has 1 atom stereocenters. The van der Waals surface area contributed by atoms with Gasteiger partial charge in [-0.15, -0.1) is 11.3 Å². The van der Waals surface area contributed by atoms with Crippen molar-refractivity contribution in [2.75, 3.05) is 0 Å². The van der Waals surface area contributed by atoms with Gasteiger partial charge in [-0.3, -0.25) is 14.6 Å². The van der Waals surface area contributed by atoms with Gasteiger partial charge < -0.3 is 14.6 Å². The van der Waals surface area contributed by atoms with Gasteiger partial charge in [0.2, 0.25) is 11.5 Å². The summed E-state index contributed by atoms with van der Waals surface area (Å²) in [7, 11) is 0. The minimum atomic E-state index is -1.39. The average Bonchev–Trinajstić information content (AvgIpc) is 3.95. The molecule has 2 aliphatic rings. The second kappa shape index (κ2) is 20.1. The van der Waals surface area contributed by atoms with Crippen LogP contribution in [0.25, 0.3) is 0 Å². The normalized spacial score (nSPS) is 14.9. The van der Waals surface area contributed by atoms with Crippen LogP contribution in [0.1, 0.15) is 58.3 Å². The number of oxime groups is 1. The number of pyridine rings is 1. The Balaban J connectivity index is 1.17. The van der Waals surface area contributed by atoms with Crippen molar-refractivity contribution in [3.05, 3.63) is 267 Å². The van der Waals surface area contributed by atoms with E-state index < -0.39 is 23.0 Å². The van der Waals surface area contributed by atoms with Crippen LogP contribution < -0.4 is 5.43 Å².